The van der Waals surface area contributed by atoms with Crippen LogP contribution in [0, 0.1) is 11.3 Å². The van der Waals surface area contributed by atoms with Crippen LogP contribution in [0.15, 0.2) is 75.1 Å². The lowest BCUT2D eigenvalue weighted by molar-refractivity contribution is -0.112. The van der Waals surface area contributed by atoms with E-state index in [0.29, 0.717) is 22.8 Å². The van der Waals surface area contributed by atoms with Crippen LogP contribution in [0.2, 0.25) is 0 Å². The van der Waals surface area contributed by atoms with E-state index in [2.05, 4.69) is 21.2 Å². The summed E-state index contributed by atoms with van der Waals surface area (Å²) in [7, 11) is 0. The molecule has 150 valence electrons. The molecule has 1 aromatic heterocycles. The van der Waals surface area contributed by atoms with Crippen LogP contribution in [0.5, 0.6) is 0 Å². The second kappa shape index (κ2) is 9.72. The van der Waals surface area contributed by atoms with Crippen LogP contribution in [0.4, 0.5) is 5.69 Å². The van der Waals surface area contributed by atoms with Crippen molar-refractivity contribution in [2.24, 2.45) is 0 Å². The molecule has 0 saturated heterocycles. The van der Waals surface area contributed by atoms with E-state index in [1.165, 1.54) is 6.08 Å². The number of carbonyl (C=O) groups is 2. The van der Waals surface area contributed by atoms with Crippen LogP contribution < -0.4 is 5.32 Å². The fraction of sp³-hybridized carbons (Fsp3) is 0.0870. The highest BCUT2D eigenvalue weighted by Gasteiger charge is 2.12. The smallest absolute Gasteiger partial charge is 0.338 e. The number of hydrogen-bond acceptors (Lipinski definition) is 5. The molecule has 0 atom stereocenters. The number of anilines is 1. The molecular weight excluding hydrogens is 448 g/mol. The number of carbonyl (C=O) groups excluding carboxylic acids is 2. The molecule has 7 heteroatoms. The molecule has 6 nitrogen and oxygen atoms in total. The van der Waals surface area contributed by atoms with Crippen LogP contribution in [0.25, 0.3) is 17.4 Å². The third-order valence-corrected chi connectivity index (χ3v) is 4.59. The average molecular weight is 465 g/mol. The molecule has 1 heterocycles. The van der Waals surface area contributed by atoms with Crippen molar-refractivity contribution < 1.29 is 18.7 Å². The summed E-state index contributed by atoms with van der Waals surface area (Å²) in [6.07, 6.45) is 1.38. The Bertz CT molecular complexity index is 1120. The summed E-state index contributed by atoms with van der Waals surface area (Å²) in [6, 6.07) is 19.2. The van der Waals surface area contributed by atoms with Crippen molar-refractivity contribution in [1.82, 2.24) is 0 Å². The third-order valence-electron chi connectivity index (χ3n) is 4.06. The standard InChI is InChI=1S/C23H17BrN2O4/c1-2-29-23(28)16-5-9-19(10-6-16)26-22(27)17(14-25)13-20-11-12-21(30-20)15-3-7-18(24)8-4-15/h3-13H,2H2,1H3,(H,26,27). The maximum atomic E-state index is 12.4. The first-order valence-corrected chi connectivity index (χ1v) is 9.85. The first kappa shape index (κ1) is 21.1. The fourth-order valence-electron chi connectivity index (χ4n) is 2.59. The van der Waals surface area contributed by atoms with Gasteiger partial charge in [0.2, 0.25) is 0 Å². The molecule has 0 fully saturated rings. The summed E-state index contributed by atoms with van der Waals surface area (Å²) in [6.45, 7) is 2.01. The number of nitriles is 1. The minimum atomic E-state index is -0.581. The normalized spacial score (nSPS) is 10.9. The van der Waals surface area contributed by atoms with Crippen molar-refractivity contribution in [1.29, 1.82) is 5.26 Å². The topological polar surface area (TPSA) is 92.3 Å². The van der Waals surface area contributed by atoms with E-state index in [-0.39, 0.29) is 12.2 Å². The molecule has 0 aliphatic carbocycles. The maximum absolute atomic E-state index is 12.4. The molecule has 0 aliphatic rings. The molecular formula is C23H17BrN2O4. The predicted molar refractivity (Wildman–Crippen MR) is 116 cm³/mol. The Labute approximate surface area is 181 Å². The minimum Gasteiger partial charge on any atom is -0.462 e. The molecule has 1 amide bonds. The van der Waals surface area contributed by atoms with Gasteiger partial charge in [0.1, 0.15) is 23.2 Å². The highest BCUT2D eigenvalue weighted by molar-refractivity contribution is 9.10. The Morgan fingerprint density at radius 2 is 1.80 bits per heavy atom. The van der Waals surface area contributed by atoms with E-state index in [9.17, 15) is 14.9 Å². The Morgan fingerprint density at radius 3 is 2.43 bits per heavy atom. The van der Waals surface area contributed by atoms with E-state index < -0.39 is 11.9 Å². The molecule has 3 aromatic rings. The SMILES string of the molecule is CCOC(=O)c1ccc(NC(=O)C(C#N)=Cc2ccc(-c3ccc(Br)cc3)o2)cc1. The molecule has 30 heavy (non-hydrogen) atoms. The zero-order valence-electron chi connectivity index (χ0n) is 16.0. The Kier molecular flexibility index (Phi) is 6.83. The first-order chi connectivity index (χ1) is 14.5. The van der Waals surface area contributed by atoms with Gasteiger partial charge in [-0.3, -0.25) is 4.79 Å². The van der Waals surface area contributed by atoms with Gasteiger partial charge in [-0.1, -0.05) is 28.1 Å². The van der Waals surface area contributed by atoms with Crippen LogP contribution in [-0.2, 0) is 9.53 Å². The Hall–Kier alpha value is -3.63. The van der Waals surface area contributed by atoms with Crippen molar-refractivity contribution in [3.63, 3.8) is 0 Å². The fourth-order valence-corrected chi connectivity index (χ4v) is 2.86. The van der Waals surface area contributed by atoms with Crippen molar-refractivity contribution in [3.8, 4) is 17.4 Å². The van der Waals surface area contributed by atoms with Gasteiger partial charge in [0, 0.05) is 21.8 Å². The van der Waals surface area contributed by atoms with E-state index in [1.54, 1.807) is 43.3 Å². The van der Waals surface area contributed by atoms with Gasteiger partial charge in [-0.05, 0) is 55.5 Å². The van der Waals surface area contributed by atoms with Crippen LogP contribution in [-0.4, -0.2) is 18.5 Å². The summed E-state index contributed by atoms with van der Waals surface area (Å²) < 4.78 is 11.6. The lowest BCUT2D eigenvalue weighted by atomic mass is 10.2. The predicted octanol–water partition coefficient (Wildman–Crippen LogP) is 5.43. The molecule has 0 saturated carbocycles. The Morgan fingerprint density at radius 1 is 1.10 bits per heavy atom. The summed E-state index contributed by atoms with van der Waals surface area (Å²) in [5.74, 6) is -0.00589. The highest BCUT2D eigenvalue weighted by atomic mass is 79.9. The van der Waals surface area contributed by atoms with Crippen LogP contribution in [0.3, 0.4) is 0 Å². The van der Waals surface area contributed by atoms with Gasteiger partial charge in [0.25, 0.3) is 5.91 Å². The summed E-state index contributed by atoms with van der Waals surface area (Å²) in [5.41, 5.74) is 1.59. The summed E-state index contributed by atoms with van der Waals surface area (Å²) in [5, 5.41) is 12.0. The molecule has 0 bridgehead atoms. The lowest BCUT2D eigenvalue weighted by Crippen LogP contribution is -2.13. The number of benzene rings is 2. The molecule has 1 N–H and O–H groups in total. The largest absolute Gasteiger partial charge is 0.462 e. The third kappa shape index (κ3) is 5.25. The van der Waals surface area contributed by atoms with Gasteiger partial charge < -0.3 is 14.5 Å². The first-order valence-electron chi connectivity index (χ1n) is 9.06. The molecule has 0 unspecified atom stereocenters. The zero-order chi connectivity index (χ0) is 21.5. The van der Waals surface area contributed by atoms with Gasteiger partial charge in [0.05, 0.1) is 12.2 Å². The summed E-state index contributed by atoms with van der Waals surface area (Å²) >= 11 is 3.38. The Balaban J connectivity index is 1.72. The number of rotatable bonds is 6. The minimum absolute atomic E-state index is 0.110. The number of hydrogen-bond donors (Lipinski definition) is 1. The number of halogens is 1. The molecule has 2 aromatic carbocycles. The van der Waals surface area contributed by atoms with E-state index >= 15 is 0 Å². The second-order valence-corrected chi connectivity index (χ2v) is 7.05. The highest BCUT2D eigenvalue weighted by Crippen LogP contribution is 2.25. The maximum Gasteiger partial charge on any atom is 0.338 e. The molecule has 0 spiro atoms. The number of amides is 1. The van der Waals surface area contributed by atoms with Crippen LogP contribution in [0.1, 0.15) is 23.0 Å². The molecule has 3 rings (SSSR count). The summed E-state index contributed by atoms with van der Waals surface area (Å²) in [4.78, 5) is 24.1. The van der Waals surface area contributed by atoms with Crippen molar-refractivity contribution in [2.75, 3.05) is 11.9 Å². The monoisotopic (exact) mass is 464 g/mol. The van der Waals surface area contributed by atoms with Crippen molar-refractivity contribution in [2.45, 2.75) is 6.92 Å². The second-order valence-electron chi connectivity index (χ2n) is 6.13. The van der Waals surface area contributed by atoms with Crippen molar-refractivity contribution >= 4 is 39.6 Å². The number of ether oxygens (including phenoxy) is 1. The van der Waals surface area contributed by atoms with Gasteiger partial charge in [-0.2, -0.15) is 5.26 Å². The number of furan rings is 1. The van der Waals surface area contributed by atoms with Crippen molar-refractivity contribution in [3.05, 3.63) is 82.0 Å². The van der Waals surface area contributed by atoms with Crippen LogP contribution >= 0.6 is 15.9 Å². The molecule has 0 radical (unpaired) electrons. The van der Waals surface area contributed by atoms with E-state index in [4.69, 9.17) is 9.15 Å². The van der Waals surface area contributed by atoms with Gasteiger partial charge in [-0.25, -0.2) is 4.79 Å². The zero-order valence-corrected chi connectivity index (χ0v) is 17.6. The van der Waals surface area contributed by atoms with Gasteiger partial charge in [-0.15, -0.1) is 0 Å². The molecule has 0 aliphatic heterocycles. The van der Waals surface area contributed by atoms with Gasteiger partial charge in [0.15, 0.2) is 0 Å². The number of esters is 1. The number of nitrogens with one attached hydrogen (secondary N) is 1. The van der Waals surface area contributed by atoms with E-state index in [1.807, 2.05) is 30.3 Å². The number of nitrogens with zero attached hydrogens (tertiary/aromatic N) is 1. The van der Waals surface area contributed by atoms with E-state index in [0.717, 1.165) is 10.0 Å². The van der Waals surface area contributed by atoms with Gasteiger partial charge >= 0.3 is 5.97 Å². The lowest BCUT2D eigenvalue weighted by Gasteiger charge is -2.06. The quantitative estimate of drug-likeness (QED) is 0.298. The average Bonchev–Trinajstić information content (AvgIpc) is 3.21.